The third kappa shape index (κ3) is 5.05. The molecule has 0 spiro atoms. The molecule has 0 aliphatic carbocycles. The number of hydrogen-bond donors (Lipinski definition) is 6. The molecule has 0 radical (unpaired) electrons. The molecule has 0 bridgehead atoms. The number of nitrogens with one attached hydrogen (secondary N) is 5. The van der Waals surface area contributed by atoms with Crippen molar-refractivity contribution in [1.82, 2.24) is 21.4 Å². The number of hydrogen-bond acceptors (Lipinski definition) is 5. The standard InChI is InChI=1S/C15H24ClN5O2/c1-8(2)12-7-13(21-23)19-14(18-12)20-15(22)17-10-4-5-11(16)9(3)6-10/h4-6,8,12-14,18-19,21,23H,7H2,1-3H3,(H2,17,20,22). The highest BCUT2D eigenvalue weighted by molar-refractivity contribution is 6.31. The van der Waals surface area contributed by atoms with E-state index < -0.39 is 6.29 Å². The van der Waals surface area contributed by atoms with Gasteiger partial charge in [0.2, 0.25) is 0 Å². The van der Waals surface area contributed by atoms with Gasteiger partial charge < -0.3 is 15.8 Å². The van der Waals surface area contributed by atoms with Crippen LogP contribution in [0.4, 0.5) is 10.5 Å². The molecule has 1 saturated heterocycles. The fourth-order valence-corrected chi connectivity index (χ4v) is 2.63. The molecule has 2 rings (SSSR count). The summed E-state index contributed by atoms with van der Waals surface area (Å²) in [5, 5.41) is 21.7. The molecule has 2 amide bonds. The van der Waals surface area contributed by atoms with Gasteiger partial charge in [0.15, 0.2) is 0 Å². The van der Waals surface area contributed by atoms with Crippen LogP contribution in [-0.4, -0.2) is 29.7 Å². The molecule has 0 aromatic heterocycles. The van der Waals surface area contributed by atoms with Crippen LogP contribution in [0.2, 0.25) is 5.02 Å². The Bertz CT molecular complexity index is 555. The van der Waals surface area contributed by atoms with Crippen molar-refractivity contribution in [3.63, 3.8) is 0 Å². The van der Waals surface area contributed by atoms with Crippen LogP contribution in [0.1, 0.15) is 25.8 Å². The summed E-state index contributed by atoms with van der Waals surface area (Å²) in [7, 11) is 0. The van der Waals surface area contributed by atoms with E-state index in [1.165, 1.54) is 0 Å². The highest BCUT2D eigenvalue weighted by atomic mass is 35.5. The zero-order valence-electron chi connectivity index (χ0n) is 13.5. The number of aryl methyl sites for hydroxylation is 1. The van der Waals surface area contributed by atoms with E-state index in [0.717, 1.165) is 5.56 Å². The fraction of sp³-hybridized carbons (Fsp3) is 0.533. The van der Waals surface area contributed by atoms with Crippen LogP contribution < -0.4 is 26.7 Å². The van der Waals surface area contributed by atoms with Gasteiger partial charge in [0, 0.05) is 16.8 Å². The number of benzene rings is 1. The van der Waals surface area contributed by atoms with Crippen molar-refractivity contribution in [2.75, 3.05) is 5.32 Å². The quantitative estimate of drug-likeness (QED) is 0.471. The average molecular weight is 342 g/mol. The second-order valence-electron chi connectivity index (χ2n) is 6.10. The van der Waals surface area contributed by atoms with E-state index in [0.29, 0.717) is 23.0 Å². The van der Waals surface area contributed by atoms with Crippen molar-refractivity contribution in [3.8, 4) is 0 Å². The fourth-order valence-electron chi connectivity index (χ4n) is 2.51. The van der Waals surface area contributed by atoms with E-state index in [1.807, 2.05) is 6.92 Å². The highest BCUT2D eigenvalue weighted by Crippen LogP contribution is 2.19. The maximum atomic E-state index is 12.1. The van der Waals surface area contributed by atoms with E-state index in [9.17, 15) is 4.79 Å². The predicted molar refractivity (Wildman–Crippen MR) is 90.4 cm³/mol. The van der Waals surface area contributed by atoms with Crippen molar-refractivity contribution in [1.29, 1.82) is 0 Å². The summed E-state index contributed by atoms with van der Waals surface area (Å²) in [6.45, 7) is 6.05. The number of halogens is 1. The second-order valence-corrected chi connectivity index (χ2v) is 6.50. The summed E-state index contributed by atoms with van der Waals surface area (Å²) >= 11 is 5.97. The lowest BCUT2D eigenvalue weighted by molar-refractivity contribution is 0.0572. The van der Waals surface area contributed by atoms with Gasteiger partial charge >= 0.3 is 6.03 Å². The minimum absolute atomic E-state index is 0.170. The summed E-state index contributed by atoms with van der Waals surface area (Å²) in [5.41, 5.74) is 3.77. The number of amides is 2. The summed E-state index contributed by atoms with van der Waals surface area (Å²) < 4.78 is 0. The van der Waals surface area contributed by atoms with Crippen molar-refractivity contribution < 1.29 is 10.0 Å². The van der Waals surface area contributed by atoms with E-state index >= 15 is 0 Å². The molecular formula is C15H24ClN5O2. The summed E-state index contributed by atoms with van der Waals surface area (Å²) in [5.74, 6) is 0.374. The van der Waals surface area contributed by atoms with Crippen LogP contribution in [0.25, 0.3) is 0 Å². The molecule has 3 atom stereocenters. The van der Waals surface area contributed by atoms with Gasteiger partial charge in [-0.05, 0) is 43.0 Å². The normalized spacial score (nSPS) is 24.5. The van der Waals surface area contributed by atoms with Crippen LogP contribution in [0.15, 0.2) is 18.2 Å². The van der Waals surface area contributed by atoms with Crippen molar-refractivity contribution >= 4 is 23.3 Å². The minimum Gasteiger partial charge on any atom is -0.315 e. The molecule has 128 valence electrons. The van der Waals surface area contributed by atoms with E-state index in [4.69, 9.17) is 16.8 Å². The highest BCUT2D eigenvalue weighted by Gasteiger charge is 2.29. The van der Waals surface area contributed by atoms with Gasteiger partial charge in [0.25, 0.3) is 0 Å². The molecule has 6 N–H and O–H groups in total. The number of urea groups is 1. The Labute approximate surface area is 141 Å². The molecule has 0 saturated carbocycles. The van der Waals surface area contributed by atoms with Crippen LogP contribution in [0, 0.1) is 12.8 Å². The molecule has 1 aromatic rings. The number of hydroxylamine groups is 1. The molecule has 1 aliphatic heterocycles. The molecule has 1 fully saturated rings. The van der Waals surface area contributed by atoms with Gasteiger partial charge in [0.1, 0.15) is 6.29 Å². The summed E-state index contributed by atoms with van der Waals surface area (Å²) in [6.07, 6.45) is -0.0226. The lowest BCUT2D eigenvalue weighted by Gasteiger charge is -2.38. The van der Waals surface area contributed by atoms with Crippen molar-refractivity contribution in [2.45, 2.75) is 45.7 Å². The van der Waals surface area contributed by atoms with Gasteiger partial charge in [-0.3, -0.25) is 10.6 Å². The molecule has 1 aromatic carbocycles. The zero-order chi connectivity index (χ0) is 17.0. The Hall–Kier alpha value is -1.38. The Kier molecular flexibility index (Phi) is 6.20. The maximum Gasteiger partial charge on any atom is 0.321 e. The third-order valence-corrected chi connectivity index (χ3v) is 4.31. The van der Waals surface area contributed by atoms with E-state index in [2.05, 4.69) is 40.6 Å². The van der Waals surface area contributed by atoms with Gasteiger partial charge in [-0.15, -0.1) is 0 Å². The number of carbonyl (C=O) groups is 1. The van der Waals surface area contributed by atoms with Crippen molar-refractivity contribution in [2.24, 2.45) is 5.92 Å². The van der Waals surface area contributed by atoms with Gasteiger partial charge in [-0.25, -0.2) is 4.79 Å². The summed E-state index contributed by atoms with van der Waals surface area (Å²) in [6, 6.07) is 5.11. The first kappa shape index (κ1) is 18.0. The van der Waals surface area contributed by atoms with E-state index in [1.54, 1.807) is 18.2 Å². The predicted octanol–water partition coefficient (Wildman–Crippen LogP) is 1.97. The molecule has 23 heavy (non-hydrogen) atoms. The zero-order valence-corrected chi connectivity index (χ0v) is 14.2. The Balaban J connectivity index is 1.94. The van der Waals surface area contributed by atoms with Crippen molar-refractivity contribution in [3.05, 3.63) is 28.8 Å². The van der Waals surface area contributed by atoms with Crippen LogP contribution in [0.3, 0.4) is 0 Å². The first-order valence-electron chi connectivity index (χ1n) is 7.64. The maximum absolute atomic E-state index is 12.1. The number of carbonyl (C=O) groups excluding carboxylic acids is 1. The summed E-state index contributed by atoms with van der Waals surface area (Å²) in [4.78, 5) is 12.1. The smallest absolute Gasteiger partial charge is 0.315 e. The molecule has 1 heterocycles. The number of anilines is 1. The Morgan fingerprint density at radius 3 is 2.74 bits per heavy atom. The largest absolute Gasteiger partial charge is 0.321 e. The number of rotatable bonds is 4. The third-order valence-electron chi connectivity index (χ3n) is 3.89. The molecular weight excluding hydrogens is 318 g/mol. The van der Waals surface area contributed by atoms with Crippen LogP contribution in [-0.2, 0) is 0 Å². The topological polar surface area (TPSA) is 97.5 Å². The van der Waals surface area contributed by atoms with Crippen LogP contribution in [0.5, 0.6) is 0 Å². The van der Waals surface area contributed by atoms with Crippen LogP contribution >= 0.6 is 11.6 Å². The molecule has 7 nitrogen and oxygen atoms in total. The second kappa shape index (κ2) is 7.94. The Morgan fingerprint density at radius 2 is 2.13 bits per heavy atom. The van der Waals surface area contributed by atoms with Gasteiger partial charge in [-0.1, -0.05) is 25.4 Å². The Morgan fingerprint density at radius 1 is 1.39 bits per heavy atom. The van der Waals surface area contributed by atoms with Gasteiger partial charge in [0.05, 0.1) is 6.17 Å². The molecule has 8 heteroatoms. The minimum atomic E-state index is -0.450. The molecule has 1 aliphatic rings. The first-order chi connectivity index (χ1) is 10.9. The van der Waals surface area contributed by atoms with Gasteiger partial charge in [-0.2, -0.15) is 5.48 Å². The molecule has 3 unspecified atom stereocenters. The lowest BCUT2D eigenvalue weighted by Crippen LogP contribution is -2.68. The van der Waals surface area contributed by atoms with E-state index in [-0.39, 0.29) is 18.2 Å². The lowest BCUT2D eigenvalue weighted by atomic mass is 9.98. The monoisotopic (exact) mass is 341 g/mol. The SMILES string of the molecule is Cc1cc(NC(=O)NC2NC(NO)CC(C(C)C)N2)ccc1Cl. The average Bonchev–Trinajstić information content (AvgIpc) is 2.50. The first-order valence-corrected chi connectivity index (χ1v) is 8.02.